The van der Waals surface area contributed by atoms with Gasteiger partial charge in [-0.2, -0.15) is 4.72 Å². The van der Waals surface area contributed by atoms with Crippen LogP contribution < -0.4 is 10.0 Å². The standard InChI is InChI=1S/C28H25ClN2O3S/c29-24-16-18-25(19-17-24)35(33,34)31-26(20-21-10-4-1-5-11-21)28(32)30-27(22-12-6-2-7-13-22)23-14-8-3-9-15-23/h1-19,26-27,31H,20H2,(H,30,32)/t26-/m0/s1. The molecule has 0 saturated heterocycles. The molecule has 178 valence electrons. The van der Waals surface area contributed by atoms with Crippen LogP contribution in [0.1, 0.15) is 22.7 Å². The number of amides is 1. The van der Waals surface area contributed by atoms with E-state index in [1.807, 2.05) is 91.0 Å². The van der Waals surface area contributed by atoms with Crippen LogP contribution in [0.4, 0.5) is 0 Å². The molecule has 0 radical (unpaired) electrons. The highest BCUT2D eigenvalue weighted by atomic mass is 35.5. The number of hydrogen-bond acceptors (Lipinski definition) is 3. The van der Waals surface area contributed by atoms with Crippen molar-refractivity contribution in [2.75, 3.05) is 0 Å². The second kappa shape index (κ2) is 11.3. The van der Waals surface area contributed by atoms with Crippen molar-refractivity contribution in [2.45, 2.75) is 23.4 Å². The molecule has 5 nitrogen and oxygen atoms in total. The molecule has 0 aliphatic rings. The fourth-order valence-electron chi connectivity index (χ4n) is 3.80. The first-order valence-corrected chi connectivity index (χ1v) is 13.0. The highest BCUT2D eigenvalue weighted by Crippen LogP contribution is 2.22. The summed E-state index contributed by atoms with van der Waals surface area (Å²) in [5.74, 6) is -0.427. The Morgan fingerprint density at radius 2 is 1.20 bits per heavy atom. The van der Waals surface area contributed by atoms with Crippen molar-refractivity contribution >= 4 is 27.5 Å². The summed E-state index contributed by atoms with van der Waals surface area (Å²) < 4.78 is 28.9. The average Bonchev–Trinajstić information content (AvgIpc) is 2.88. The molecule has 4 aromatic rings. The molecule has 4 rings (SSSR count). The van der Waals surface area contributed by atoms with Gasteiger partial charge in [0.2, 0.25) is 15.9 Å². The van der Waals surface area contributed by atoms with Crippen molar-refractivity contribution in [3.05, 3.63) is 137 Å². The molecule has 0 fully saturated rings. The Bertz CT molecular complexity index is 1310. The van der Waals surface area contributed by atoms with E-state index in [0.29, 0.717) is 5.02 Å². The fourth-order valence-corrected chi connectivity index (χ4v) is 5.12. The molecule has 0 unspecified atom stereocenters. The molecule has 0 bridgehead atoms. The lowest BCUT2D eigenvalue weighted by Gasteiger charge is -2.24. The van der Waals surface area contributed by atoms with E-state index in [1.165, 1.54) is 24.3 Å². The van der Waals surface area contributed by atoms with Crippen LogP contribution in [-0.2, 0) is 21.2 Å². The molecule has 0 aromatic heterocycles. The minimum atomic E-state index is -3.98. The van der Waals surface area contributed by atoms with Crippen molar-refractivity contribution in [1.29, 1.82) is 0 Å². The van der Waals surface area contributed by atoms with Gasteiger partial charge in [-0.1, -0.05) is 103 Å². The zero-order valence-electron chi connectivity index (χ0n) is 18.8. The van der Waals surface area contributed by atoms with Gasteiger partial charge in [-0.15, -0.1) is 0 Å². The molecule has 0 saturated carbocycles. The third-order valence-corrected chi connectivity index (χ3v) is 7.31. The van der Waals surface area contributed by atoms with Crippen molar-refractivity contribution in [1.82, 2.24) is 10.0 Å². The summed E-state index contributed by atoms with van der Waals surface area (Å²) in [5, 5.41) is 3.49. The molecule has 2 N–H and O–H groups in total. The predicted octanol–water partition coefficient (Wildman–Crippen LogP) is 5.14. The Labute approximate surface area is 210 Å². The normalized spacial score (nSPS) is 12.3. The number of carbonyl (C=O) groups excluding carboxylic acids is 1. The fraction of sp³-hybridized carbons (Fsp3) is 0.107. The van der Waals surface area contributed by atoms with Crippen LogP contribution in [0, 0.1) is 0 Å². The molecule has 0 aliphatic heterocycles. The molecular weight excluding hydrogens is 480 g/mol. The first-order valence-electron chi connectivity index (χ1n) is 11.1. The van der Waals surface area contributed by atoms with Crippen LogP contribution in [0.2, 0.25) is 5.02 Å². The van der Waals surface area contributed by atoms with Gasteiger partial charge in [0.1, 0.15) is 6.04 Å². The molecule has 0 spiro atoms. The molecule has 0 aliphatic carbocycles. The van der Waals surface area contributed by atoms with Gasteiger partial charge in [-0.25, -0.2) is 8.42 Å². The number of hydrogen-bond donors (Lipinski definition) is 2. The van der Waals surface area contributed by atoms with E-state index in [1.54, 1.807) is 0 Å². The third-order valence-electron chi connectivity index (χ3n) is 5.57. The summed E-state index contributed by atoms with van der Waals surface area (Å²) in [6.07, 6.45) is 0.190. The van der Waals surface area contributed by atoms with Crippen molar-refractivity contribution < 1.29 is 13.2 Å². The second-order valence-electron chi connectivity index (χ2n) is 8.08. The maximum Gasteiger partial charge on any atom is 0.241 e. The lowest BCUT2D eigenvalue weighted by molar-refractivity contribution is -0.123. The molecular formula is C28H25ClN2O3S. The van der Waals surface area contributed by atoms with Gasteiger partial charge in [-0.3, -0.25) is 4.79 Å². The summed E-state index contributed by atoms with van der Waals surface area (Å²) >= 11 is 5.92. The minimum absolute atomic E-state index is 0.0374. The summed E-state index contributed by atoms with van der Waals surface area (Å²) in [4.78, 5) is 13.6. The van der Waals surface area contributed by atoms with E-state index in [4.69, 9.17) is 11.6 Å². The number of rotatable bonds is 9. The Hall–Kier alpha value is -3.45. The van der Waals surface area contributed by atoms with E-state index in [0.717, 1.165) is 16.7 Å². The number of benzene rings is 4. The number of carbonyl (C=O) groups is 1. The van der Waals surface area contributed by atoms with Crippen LogP contribution in [-0.4, -0.2) is 20.4 Å². The van der Waals surface area contributed by atoms with Crippen LogP contribution in [0.5, 0.6) is 0 Å². The zero-order chi connectivity index (χ0) is 24.7. The van der Waals surface area contributed by atoms with Gasteiger partial charge < -0.3 is 5.32 Å². The van der Waals surface area contributed by atoms with Gasteiger partial charge >= 0.3 is 0 Å². The topological polar surface area (TPSA) is 75.3 Å². The van der Waals surface area contributed by atoms with Crippen molar-refractivity contribution in [2.24, 2.45) is 0 Å². The lowest BCUT2D eigenvalue weighted by Crippen LogP contribution is -2.49. The number of halogens is 1. The Balaban J connectivity index is 1.65. The molecule has 35 heavy (non-hydrogen) atoms. The van der Waals surface area contributed by atoms with Gasteiger partial charge in [0.15, 0.2) is 0 Å². The highest BCUT2D eigenvalue weighted by molar-refractivity contribution is 7.89. The van der Waals surface area contributed by atoms with Crippen LogP contribution in [0.25, 0.3) is 0 Å². The first kappa shape index (κ1) is 24.7. The molecule has 4 aromatic carbocycles. The minimum Gasteiger partial charge on any atom is -0.344 e. The summed E-state index contributed by atoms with van der Waals surface area (Å²) in [5.41, 5.74) is 2.62. The van der Waals surface area contributed by atoms with Crippen molar-refractivity contribution in [3.8, 4) is 0 Å². The van der Waals surface area contributed by atoms with Crippen LogP contribution >= 0.6 is 11.6 Å². The molecule has 7 heteroatoms. The Morgan fingerprint density at radius 3 is 1.71 bits per heavy atom. The van der Waals surface area contributed by atoms with E-state index in [-0.39, 0.29) is 11.3 Å². The van der Waals surface area contributed by atoms with Gasteiger partial charge in [0, 0.05) is 5.02 Å². The third kappa shape index (κ3) is 6.57. The molecule has 0 heterocycles. The molecule has 1 amide bonds. The maximum atomic E-state index is 13.6. The average molecular weight is 505 g/mol. The van der Waals surface area contributed by atoms with E-state index >= 15 is 0 Å². The number of nitrogens with one attached hydrogen (secondary N) is 2. The van der Waals surface area contributed by atoms with E-state index in [9.17, 15) is 13.2 Å². The van der Waals surface area contributed by atoms with E-state index < -0.39 is 28.0 Å². The Kier molecular flexibility index (Phi) is 7.98. The van der Waals surface area contributed by atoms with Gasteiger partial charge in [-0.05, 0) is 47.4 Å². The quantitative estimate of drug-likeness (QED) is 0.331. The van der Waals surface area contributed by atoms with Gasteiger partial charge in [0.05, 0.1) is 10.9 Å². The predicted molar refractivity (Wildman–Crippen MR) is 139 cm³/mol. The van der Waals surface area contributed by atoms with Crippen molar-refractivity contribution in [3.63, 3.8) is 0 Å². The van der Waals surface area contributed by atoms with E-state index in [2.05, 4.69) is 10.0 Å². The lowest BCUT2D eigenvalue weighted by atomic mass is 9.97. The summed E-state index contributed by atoms with van der Waals surface area (Å²) in [6, 6.07) is 32.8. The smallest absolute Gasteiger partial charge is 0.241 e. The summed E-state index contributed by atoms with van der Waals surface area (Å²) in [7, 11) is -3.98. The zero-order valence-corrected chi connectivity index (χ0v) is 20.4. The maximum absolute atomic E-state index is 13.6. The molecule has 1 atom stereocenters. The van der Waals surface area contributed by atoms with Crippen LogP contribution in [0.15, 0.2) is 120 Å². The Morgan fingerprint density at radius 1 is 0.714 bits per heavy atom. The van der Waals surface area contributed by atoms with Gasteiger partial charge in [0.25, 0.3) is 0 Å². The van der Waals surface area contributed by atoms with Crippen LogP contribution in [0.3, 0.4) is 0 Å². The SMILES string of the molecule is O=C(NC(c1ccccc1)c1ccccc1)[C@H](Cc1ccccc1)NS(=O)(=O)c1ccc(Cl)cc1. The second-order valence-corrected chi connectivity index (χ2v) is 10.2. The monoisotopic (exact) mass is 504 g/mol. The highest BCUT2D eigenvalue weighted by Gasteiger charge is 2.28. The summed E-state index contributed by atoms with van der Waals surface area (Å²) in [6.45, 7) is 0. The first-order chi connectivity index (χ1) is 16.9. The largest absolute Gasteiger partial charge is 0.344 e. The number of sulfonamides is 1.